The number of halogens is 1. The highest BCUT2D eigenvalue weighted by Gasteiger charge is 2.49. The zero-order valence-corrected chi connectivity index (χ0v) is 17.8. The molecule has 0 atom stereocenters. The Balaban J connectivity index is 1.72. The third kappa shape index (κ3) is 2.21. The van der Waals surface area contributed by atoms with E-state index in [1.165, 1.54) is 44.5 Å². The van der Waals surface area contributed by atoms with Gasteiger partial charge < -0.3 is 0 Å². The first-order valence-corrected chi connectivity index (χ1v) is 10.4. The van der Waals surface area contributed by atoms with Crippen molar-refractivity contribution < 1.29 is 0 Å². The highest BCUT2D eigenvalue weighted by molar-refractivity contribution is 9.10. The van der Waals surface area contributed by atoms with E-state index in [1.54, 1.807) is 0 Å². The quantitative estimate of drug-likeness (QED) is 0.384. The van der Waals surface area contributed by atoms with Crippen LogP contribution in [0.5, 0.6) is 0 Å². The molecule has 0 aliphatic heterocycles. The standard InChI is InChI=1S/C26H23Br/c1-25(2)21-8-6-5-7-19(21)23-24(25)20-14-11-17(15-22(20)26(23,3)4)16-9-12-18(27)13-10-16/h5-15H,1-4H3. The molecule has 2 aliphatic rings. The third-order valence-corrected chi connectivity index (χ3v) is 7.04. The summed E-state index contributed by atoms with van der Waals surface area (Å²) < 4.78 is 1.12. The molecule has 0 bridgehead atoms. The predicted molar refractivity (Wildman–Crippen MR) is 119 cm³/mol. The van der Waals surface area contributed by atoms with Gasteiger partial charge in [0, 0.05) is 15.3 Å². The van der Waals surface area contributed by atoms with Gasteiger partial charge in [-0.1, -0.05) is 92.2 Å². The molecule has 2 aliphatic carbocycles. The highest BCUT2D eigenvalue weighted by Crippen LogP contribution is 2.62. The van der Waals surface area contributed by atoms with Crippen LogP contribution in [0.3, 0.4) is 0 Å². The Hall–Kier alpha value is -2.12. The number of hydrogen-bond acceptors (Lipinski definition) is 0. The van der Waals surface area contributed by atoms with E-state index in [0.717, 1.165) is 4.47 Å². The normalized spacial score (nSPS) is 18.3. The lowest BCUT2D eigenvalue weighted by molar-refractivity contribution is 0.694. The van der Waals surface area contributed by atoms with Gasteiger partial charge in [0.1, 0.15) is 0 Å². The smallest absolute Gasteiger partial charge is 0.0175 e. The largest absolute Gasteiger partial charge is 0.0619 e. The molecule has 0 fully saturated rings. The van der Waals surface area contributed by atoms with Gasteiger partial charge in [-0.15, -0.1) is 0 Å². The van der Waals surface area contributed by atoms with Crippen LogP contribution in [0.4, 0.5) is 0 Å². The molecule has 0 N–H and O–H groups in total. The van der Waals surface area contributed by atoms with Crippen LogP contribution in [0.2, 0.25) is 0 Å². The van der Waals surface area contributed by atoms with Crippen LogP contribution in [-0.2, 0) is 10.8 Å². The first kappa shape index (κ1) is 17.0. The van der Waals surface area contributed by atoms with Crippen molar-refractivity contribution in [1.82, 2.24) is 0 Å². The lowest BCUT2D eigenvalue weighted by Crippen LogP contribution is -2.19. The molecular weight excluding hydrogens is 392 g/mol. The minimum atomic E-state index is 0.0138. The van der Waals surface area contributed by atoms with Gasteiger partial charge in [0.2, 0.25) is 0 Å². The second kappa shape index (κ2) is 5.45. The maximum absolute atomic E-state index is 3.54. The lowest BCUT2D eigenvalue weighted by Gasteiger charge is -2.28. The lowest BCUT2D eigenvalue weighted by atomic mass is 9.75. The van der Waals surface area contributed by atoms with Crippen molar-refractivity contribution in [3.05, 3.63) is 93.5 Å². The maximum atomic E-state index is 3.54. The first-order valence-electron chi connectivity index (χ1n) is 9.58. The summed E-state index contributed by atoms with van der Waals surface area (Å²) in [5, 5.41) is 0. The molecule has 0 radical (unpaired) electrons. The van der Waals surface area contributed by atoms with Gasteiger partial charge in [0.15, 0.2) is 0 Å². The summed E-state index contributed by atoms with van der Waals surface area (Å²) in [5.41, 5.74) is 11.4. The molecule has 134 valence electrons. The van der Waals surface area contributed by atoms with Crippen molar-refractivity contribution in [2.75, 3.05) is 0 Å². The van der Waals surface area contributed by atoms with E-state index in [-0.39, 0.29) is 10.8 Å². The second-order valence-electron chi connectivity index (χ2n) is 8.81. The van der Waals surface area contributed by atoms with Crippen molar-refractivity contribution in [1.29, 1.82) is 0 Å². The molecule has 1 heteroatoms. The fourth-order valence-corrected chi connectivity index (χ4v) is 5.45. The van der Waals surface area contributed by atoms with Crippen LogP contribution >= 0.6 is 15.9 Å². The Kier molecular flexibility index (Phi) is 3.44. The van der Waals surface area contributed by atoms with Crippen molar-refractivity contribution in [2.45, 2.75) is 38.5 Å². The zero-order chi connectivity index (χ0) is 19.0. The minimum absolute atomic E-state index is 0.0138. The molecule has 0 unspecified atom stereocenters. The molecule has 3 aromatic rings. The number of benzene rings is 3. The van der Waals surface area contributed by atoms with Crippen molar-refractivity contribution in [2.24, 2.45) is 0 Å². The molecule has 3 aromatic carbocycles. The predicted octanol–water partition coefficient (Wildman–Crippen LogP) is 7.61. The molecule has 0 heterocycles. The molecule has 5 rings (SSSR count). The molecule has 0 spiro atoms. The minimum Gasteiger partial charge on any atom is -0.0619 e. The van der Waals surface area contributed by atoms with Gasteiger partial charge in [-0.25, -0.2) is 0 Å². The molecule has 27 heavy (non-hydrogen) atoms. The third-order valence-electron chi connectivity index (χ3n) is 6.51. The van der Waals surface area contributed by atoms with Crippen molar-refractivity contribution in [3.63, 3.8) is 0 Å². The summed E-state index contributed by atoms with van der Waals surface area (Å²) in [6.45, 7) is 9.53. The maximum Gasteiger partial charge on any atom is 0.0175 e. The number of fused-ring (bicyclic) bond motifs is 4. The van der Waals surface area contributed by atoms with Gasteiger partial charge in [0.05, 0.1) is 0 Å². The van der Waals surface area contributed by atoms with E-state index in [1.807, 2.05) is 0 Å². The molecule has 0 aromatic heterocycles. The van der Waals surface area contributed by atoms with Crippen LogP contribution in [0, 0.1) is 0 Å². The molecular formula is C26H23Br. The van der Waals surface area contributed by atoms with E-state index in [0.29, 0.717) is 0 Å². The van der Waals surface area contributed by atoms with E-state index in [2.05, 4.69) is 110 Å². The van der Waals surface area contributed by atoms with E-state index in [4.69, 9.17) is 0 Å². The zero-order valence-electron chi connectivity index (χ0n) is 16.2. The average Bonchev–Trinajstić information content (AvgIpc) is 3.04. The Bertz CT molecular complexity index is 1110. The molecule has 0 saturated carbocycles. The van der Waals surface area contributed by atoms with Gasteiger partial charge in [-0.05, 0) is 62.7 Å². The van der Waals surface area contributed by atoms with E-state index < -0.39 is 0 Å². The molecule has 0 amide bonds. The Labute approximate surface area is 170 Å². The SMILES string of the molecule is CC1(C)C2=C(c3ccccc31)C(C)(C)c1cc(-c3ccc(Br)cc3)ccc12. The number of hydrogen-bond donors (Lipinski definition) is 0. The van der Waals surface area contributed by atoms with Crippen LogP contribution < -0.4 is 0 Å². The summed E-state index contributed by atoms with van der Waals surface area (Å²) >= 11 is 3.54. The van der Waals surface area contributed by atoms with Crippen LogP contribution in [0.25, 0.3) is 22.3 Å². The van der Waals surface area contributed by atoms with E-state index >= 15 is 0 Å². The number of allylic oxidation sites excluding steroid dienone is 2. The Morgan fingerprint density at radius 3 is 1.85 bits per heavy atom. The second-order valence-corrected chi connectivity index (χ2v) is 9.73. The van der Waals surface area contributed by atoms with Crippen molar-refractivity contribution in [3.8, 4) is 11.1 Å². The Morgan fingerprint density at radius 2 is 1.15 bits per heavy atom. The summed E-state index contributed by atoms with van der Waals surface area (Å²) in [6, 6.07) is 24.6. The summed E-state index contributed by atoms with van der Waals surface area (Å²) in [4.78, 5) is 0. The first-order chi connectivity index (χ1) is 12.8. The van der Waals surface area contributed by atoms with Gasteiger partial charge in [-0.2, -0.15) is 0 Å². The molecule has 0 saturated heterocycles. The monoisotopic (exact) mass is 414 g/mol. The van der Waals surface area contributed by atoms with Crippen LogP contribution in [0.15, 0.2) is 71.2 Å². The van der Waals surface area contributed by atoms with E-state index in [9.17, 15) is 0 Å². The highest BCUT2D eigenvalue weighted by atomic mass is 79.9. The summed E-state index contributed by atoms with van der Waals surface area (Å²) in [7, 11) is 0. The summed E-state index contributed by atoms with van der Waals surface area (Å²) in [5.74, 6) is 0. The number of rotatable bonds is 1. The average molecular weight is 415 g/mol. The fraction of sp³-hybridized carbons (Fsp3) is 0.231. The van der Waals surface area contributed by atoms with Crippen LogP contribution in [0.1, 0.15) is 49.9 Å². The topological polar surface area (TPSA) is 0 Å². The van der Waals surface area contributed by atoms with Gasteiger partial charge in [-0.3, -0.25) is 0 Å². The molecule has 0 nitrogen and oxygen atoms in total. The van der Waals surface area contributed by atoms with Gasteiger partial charge in [0.25, 0.3) is 0 Å². The van der Waals surface area contributed by atoms with Crippen LogP contribution in [-0.4, -0.2) is 0 Å². The fourth-order valence-electron chi connectivity index (χ4n) is 5.18. The van der Waals surface area contributed by atoms with Gasteiger partial charge >= 0.3 is 0 Å². The summed E-state index contributed by atoms with van der Waals surface area (Å²) in [6.07, 6.45) is 0. The van der Waals surface area contributed by atoms with Crippen molar-refractivity contribution >= 4 is 27.1 Å². The Morgan fingerprint density at radius 1 is 0.593 bits per heavy atom.